The molecule has 0 radical (unpaired) electrons. The maximum absolute atomic E-state index is 12.3. The van der Waals surface area contributed by atoms with Gasteiger partial charge in [0.05, 0.1) is 17.6 Å². The Morgan fingerprint density at radius 3 is 2.86 bits per heavy atom. The van der Waals surface area contributed by atoms with Crippen LogP contribution in [0.4, 0.5) is 15.6 Å². The highest BCUT2D eigenvalue weighted by molar-refractivity contribution is 7.15. The summed E-state index contributed by atoms with van der Waals surface area (Å²) in [5.74, 6) is 1.30. The maximum atomic E-state index is 12.3. The van der Waals surface area contributed by atoms with E-state index in [1.54, 1.807) is 17.5 Å². The Balaban J connectivity index is 1.29. The van der Waals surface area contributed by atoms with Crippen molar-refractivity contribution in [1.82, 2.24) is 20.1 Å². The van der Waals surface area contributed by atoms with Gasteiger partial charge in [0, 0.05) is 17.1 Å². The van der Waals surface area contributed by atoms with Crippen molar-refractivity contribution in [2.75, 3.05) is 10.6 Å². The number of hydrogen-bond donors (Lipinski definition) is 3. The van der Waals surface area contributed by atoms with Gasteiger partial charge in [0.2, 0.25) is 5.91 Å². The SMILES string of the molecule is CC(C)C1CCc2nc(NC(=O)Nc3cnn(CC(=O)NC4CC4)c3)sc2C1. The summed E-state index contributed by atoms with van der Waals surface area (Å²) in [7, 11) is 0. The first-order chi connectivity index (χ1) is 13.5. The molecule has 2 aromatic heterocycles. The fourth-order valence-corrected chi connectivity index (χ4v) is 4.54. The minimum atomic E-state index is -0.353. The van der Waals surface area contributed by atoms with E-state index in [4.69, 9.17) is 0 Å². The van der Waals surface area contributed by atoms with E-state index in [0.29, 0.717) is 28.7 Å². The lowest BCUT2D eigenvalue weighted by Crippen LogP contribution is -2.29. The molecule has 2 aromatic rings. The van der Waals surface area contributed by atoms with Crippen LogP contribution in [0.25, 0.3) is 0 Å². The molecule has 1 atom stereocenters. The normalized spacial score (nSPS) is 18.6. The summed E-state index contributed by atoms with van der Waals surface area (Å²) in [6.45, 7) is 4.67. The third-order valence-corrected chi connectivity index (χ3v) is 6.32. The van der Waals surface area contributed by atoms with Crippen molar-refractivity contribution in [2.24, 2.45) is 11.8 Å². The summed E-state index contributed by atoms with van der Waals surface area (Å²) >= 11 is 1.56. The highest BCUT2D eigenvalue weighted by Crippen LogP contribution is 2.35. The predicted octanol–water partition coefficient (Wildman–Crippen LogP) is 3.02. The van der Waals surface area contributed by atoms with Crippen molar-refractivity contribution >= 4 is 34.1 Å². The zero-order chi connectivity index (χ0) is 19.7. The fourth-order valence-electron chi connectivity index (χ4n) is 3.45. The van der Waals surface area contributed by atoms with Crippen LogP contribution in [0, 0.1) is 11.8 Å². The van der Waals surface area contributed by atoms with Crippen LogP contribution in [0.15, 0.2) is 12.4 Å². The molecular weight excluding hydrogens is 376 g/mol. The molecule has 0 saturated heterocycles. The van der Waals surface area contributed by atoms with Gasteiger partial charge < -0.3 is 10.6 Å². The minimum absolute atomic E-state index is 0.0605. The van der Waals surface area contributed by atoms with Crippen LogP contribution >= 0.6 is 11.3 Å². The monoisotopic (exact) mass is 402 g/mol. The number of anilines is 2. The van der Waals surface area contributed by atoms with Gasteiger partial charge >= 0.3 is 6.03 Å². The second-order valence-electron chi connectivity index (χ2n) is 7.98. The van der Waals surface area contributed by atoms with Gasteiger partial charge in [-0.1, -0.05) is 13.8 Å². The number of hydrogen-bond acceptors (Lipinski definition) is 5. The number of thiazole rings is 1. The van der Waals surface area contributed by atoms with Gasteiger partial charge in [-0.3, -0.25) is 14.8 Å². The molecule has 9 heteroatoms. The summed E-state index contributed by atoms with van der Waals surface area (Å²) in [4.78, 5) is 30.0. The molecule has 2 aliphatic rings. The molecule has 3 N–H and O–H groups in total. The Morgan fingerprint density at radius 1 is 1.29 bits per heavy atom. The zero-order valence-corrected chi connectivity index (χ0v) is 17.0. The Labute approximate surface area is 168 Å². The maximum Gasteiger partial charge on any atom is 0.325 e. The molecule has 150 valence electrons. The summed E-state index contributed by atoms with van der Waals surface area (Å²) < 4.78 is 1.52. The number of rotatable bonds is 6. The topological polar surface area (TPSA) is 101 Å². The average Bonchev–Trinajstić information content (AvgIpc) is 3.18. The summed E-state index contributed by atoms with van der Waals surface area (Å²) in [6.07, 6.45) is 8.47. The van der Waals surface area contributed by atoms with E-state index < -0.39 is 0 Å². The second kappa shape index (κ2) is 7.90. The molecule has 3 amide bonds. The number of aryl methyl sites for hydroxylation is 1. The quantitative estimate of drug-likeness (QED) is 0.691. The molecule has 0 aliphatic heterocycles. The summed E-state index contributed by atoms with van der Waals surface area (Å²) in [5, 5.41) is 13.2. The lowest BCUT2D eigenvalue weighted by molar-refractivity contribution is -0.122. The molecule has 8 nitrogen and oxygen atoms in total. The van der Waals surface area contributed by atoms with Gasteiger partial charge in [-0.2, -0.15) is 5.10 Å². The molecule has 2 heterocycles. The summed E-state index contributed by atoms with van der Waals surface area (Å²) in [5.41, 5.74) is 1.66. The average molecular weight is 403 g/mol. The van der Waals surface area contributed by atoms with E-state index in [9.17, 15) is 9.59 Å². The molecule has 0 aromatic carbocycles. The molecule has 0 spiro atoms. The van der Waals surface area contributed by atoms with E-state index in [2.05, 4.69) is 39.9 Å². The Bertz CT molecular complexity index is 870. The molecule has 1 fully saturated rings. The lowest BCUT2D eigenvalue weighted by Gasteiger charge is -2.24. The fraction of sp³-hybridized carbons (Fsp3) is 0.579. The van der Waals surface area contributed by atoms with Crippen LogP contribution in [0.1, 0.15) is 43.7 Å². The Morgan fingerprint density at radius 2 is 2.11 bits per heavy atom. The largest absolute Gasteiger partial charge is 0.352 e. The number of carbonyl (C=O) groups excluding carboxylic acids is 2. The standard InChI is InChI=1S/C19H26N6O2S/c1-11(2)12-3-6-15-16(7-12)28-19(23-15)24-18(27)22-14-8-20-25(9-14)10-17(26)21-13-4-5-13/h8-9,11-13H,3-7,10H2,1-2H3,(H,21,26)(H2,22,23,24,27). The number of nitrogens with zero attached hydrogens (tertiary/aromatic N) is 3. The predicted molar refractivity (Wildman–Crippen MR) is 109 cm³/mol. The van der Waals surface area contributed by atoms with Gasteiger partial charge in [0.25, 0.3) is 0 Å². The van der Waals surface area contributed by atoms with Crippen molar-refractivity contribution in [3.63, 3.8) is 0 Å². The van der Waals surface area contributed by atoms with E-state index in [1.807, 2.05) is 0 Å². The third-order valence-electron chi connectivity index (χ3n) is 5.28. The van der Waals surface area contributed by atoms with E-state index >= 15 is 0 Å². The third kappa shape index (κ3) is 4.70. The first-order valence-electron chi connectivity index (χ1n) is 9.84. The number of nitrogens with one attached hydrogen (secondary N) is 3. The molecule has 0 bridgehead atoms. The number of aromatic nitrogens is 3. The van der Waals surface area contributed by atoms with Crippen molar-refractivity contribution in [2.45, 2.75) is 58.5 Å². The number of carbonyl (C=O) groups is 2. The van der Waals surface area contributed by atoms with Crippen molar-refractivity contribution in [3.05, 3.63) is 23.0 Å². The van der Waals surface area contributed by atoms with E-state index in [-0.39, 0.29) is 18.5 Å². The zero-order valence-electron chi connectivity index (χ0n) is 16.2. The molecule has 2 aliphatic carbocycles. The van der Waals surface area contributed by atoms with Crippen LogP contribution in [0.3, 0.4) is 0 Å². The van der Waals surface area contributed by atoms with Gasteiger partial charge in [-0.15, -0.1) is 11.3 Å². The van der Waals surface area contributed by atoms with Crippen LogP contribution in [0.2, 0.25) is 0 Å². The van der Waals surface area contributed by atoms with Crippen LogP contribution < -0.4 is 16.0 Å². The number of amides is 3. The number of urea groups is 1. The Hall–Kier alpha value is -2.42. The first-order valence-corrected chi connectivity index (χ1v) is 10.7. The molecule has 1 unspecified atom stereocenters. The Kier molecular flexibility index (Phi) is 5.34. The van der Waals surface area contributed by atoms with Crippen LogP contribution in [0.5, 0.6) is 0 Å². The summed E-state index contributed by atoms with van der Waals surface area (Å²) in [6, 6.07) is -0.0279. The second-order valence-corrected chi connectivity index (χ2v) is 9.07. The smallest absolute Gasteiger partial charge is 0.325 e. The highest BCUT2D eigenvalue weighted by Gasteiger charge is 2.25. The van der Waals surface area contributed by atoms with Crippen molar-refractivity contribution in [3.8, 4) is 0 Å². The lowest BCUT2D eigenvalue weighted by atomic mass is 9.83. The van der Waals surface area contributed by atoms with E-state index in [0.717, 1.165) is 37.8 Å². The highest BCUT2D eigenvalue weighted by atomic mass is 32.1. The molecule has 28 heavy (non-hydrogen) atoms. The van der Waals surface area contributed by atoms with Crippen molar-refractivity contribution < 1.29 is 9.59 Å². The van der Waals surface area contributed by atoms with Gasteiger partial charge in [-0.05, 0) is 43.9 Å². The minimum Gasteiger partial charge on any atom is -0.352 e. The number of fused-ring (bicyclic) bond motifs is 1. The molecular formula is C19H26N6O2S. The van der Waals surface area contributed by atoms with Gasteiger partial charge in [0.15, 0.2) is 5.13 Å². The molecule has 4 rings (SSSR count). The first kappa shape index (κ1) is 18.9. The van der Waals surface area contributed by atoms with Crippen molar-refractivity contribution in [1.29, 1.82) is 0 Å². The van der Waals surface area contributed by atoms with Gasteiger partial charge in [-0.25, -0.2) is 9.78 Å². The van der Waals surface area contributed by atoms with Crippen LogP contribution in [-0.4, -0.2) is 32.7 Å². The molecule has 1 saturated carbocycles. The van der Waals surface area contributed by atoms with Crippen LogP contribution in [-0.2, 0) is 24.2 Å². The van der Waals surface area contributed by atoms with Gasteiger partial charge in [0.1, 0.15) is 6.54 Å². The van der Waals surface area contributed by atoms with E-state index in [1.165, 1.54) is 15.8 Å².